The van der Waals surface area contributed by atoms with Crippen LogP contribution in [0.3, 0.4) is 0 Å². The number of H-pyrrole nitrogens is 1. The van der Waals surface area contributed by atoms with Crippen LogP contribution < -0.4 is 0 Å². The van der Waals surface area contributed by atoms with Crippen LogP contribution in [-0.4, -0.2) is 70.5 Å². The Morgan fingerprint density at radius 2 is 1.86 bits per heavy atom. The third-order valence-electron chi connectivity index (χ3n) is 7.51. The fourth-order valence-electron chi connectivity index (χ4n) is 5.39. The Bertz CT molecular complexity index is 1570. The van der Waals surface area contributed by atoms with Crippen LogP contribution in [0.4, 0.5) is 5.82 Å². The summed E-state index contributed by atoms with van der Waals surface area (Å²) in [5, 5.41) is 3.98. The minimum Gasteiger partial charge on any atom is -0.339 e. The largest absolute Gasteiger partial charge is 0.339 e. The van der Waals surface area contributed by atoms with E-state index in [9.17, 15) is 13.2 Å². The highest BCUT2D eigenvalue weighted by molar-refractivity contribution is 7.91. The number of piperidine rings is 1. The maximum Gasteiger partial charge on any atom is 0.279 e. The maximum absolute atomic E-state index is 12.7. The summed E-state index contributed by atoms with van der Waals surface area (Å²) in [6.07, 6.45) is 8.02. The van der Waals surface area contributed by atoms with Gasteiger partial charge < -0.3 is 4.98 Å². The second-order valence-corrected chi connectivity index (χ2v) is 12.3. The van der Waals surface area contributed by atoms with Crippen LogP contribution >= 0.6 is 0 Å². The van der Waals surface area contributed by atoms with Crippen molar-refractivity contribution in [1.82, 2.24) is 19.7 Å². The van der Waals surface area contributed by atoms with Crippen molar-refractivity contribution < 1.29 is 13.2 Å². The van der Waals surface area contributed by atoms with Crippen LogP contribution in [0.5, 0.6) is 0 Å². The van der Waals surface area contributed by atoms with E-state index in [0.717, 1.165) is 48.0 Å². The number of aryl methyl sites for hydroxylation is 1. The van der Waals surface area contributed by atoms with Gasteiger partial charge in [-0.2, -0.15) is 5.10 Å². The summed E-state index contributed by atoms with van der Waals surface area (Å²) in [4.78, 5) is 27.3. The first-order valence-electron chi connectivity index (χ1n) is 12.4. The number of aromatic amines is 1. The molecule has 10 heteroatoms. The normalized spacial score (nSPS) is 20.4. The molecule has 6 rings (SSSR count). The van der Waals surface area contributed by atoms with Gasteiger partial charge in [0.15, 0.2) is 0 Å². The summed E-state index contributed by atoms with van der Waals surface area (Å²) in [6.45, 7) is 2.39. The molecule has 1 atom stereocenters. The van der Waals surface area contributed by atoms with Crippen molar-refractivity contribution in [3.63, 3.8) is 0 Å². The maximum atomic E-state index is 12.7. The van der Waals surface area contributed by atoms with Gasteiger partial charge in [-0.1, -0.05) is 30.3 Å². The number of amides is 1. The van der Waals surface area contributed by atoms with Crippen molar-refractivity contribution in [2.24, 2.45) is 17.0 Å². The molecule has 0 radical (unpaired) electrons. The molecule has 1 aromatic carbocycles. The Hall–Kier alpha value is -3.63. The number of aromatic nitrogens is 3. The molecule has 37 heavy (non-hydrogen) atoms. The van der Waals surface area contributed by atoms with Crippen LogP contribution in [0.2, 0.25) is 0 Å². The number of fused-ring (bicyclic) bond motifs is 3. The Morgan fingerprint density at radius 3 is 2.54 bits per heavy atom. The standard InChI is InChI=1S/C27H28N6O3S/c1-32-25(7-10-29-32)22-13-20-21-14-23(30-26(21)28-15-24(20)31-27(22)34)18-5-3-17(4-6-18)16-33-11-8-19(9-12-33)37(2,35)36/h3-7,10,13-15,19-20,30H,8-9,11-12,16H2,1-2H3. The first kappa shape index (κ1) is 23.7. The number of carbonyl (C=O) groups is 1. The molecular weight excluding hydrogens is 488 g/mol. The molecule has 190 valence electrons. The van der Waals surface area contributed by atoms with Crippen molar-refractivity contribution >= 4 is 39.1 Å². The van der Waals surface area contributed by atoms with Crippen LogP contribution in [-0.2, 0) is 28.2 Å². The van der Waals surface area contributed by atoms with Crippen LogP contribution in [0.1, 0.15) is 35.6 Å². The topological polar surface area (TPSA) is 113 Å². The minimum atomic E-state index is -2.96. The quantitative estimate of drug-likeness (QED) is 0.559. The monoisotopic (exact) mass is 516 g/mol. The molecule has 0 saturated carbocycles. The van der Waals surface area contributed by atoms with E-state index in [0.29, 0.717) is 24.1 Å². The zero-order valence-corrected chi connectivity index (χ0v) is 21.6. The average Bonchev–Trinajstić information content (AvgIpc) is 3.50. The highest BCUT2D eigenvalue weighted by atomic mass is 32.2. The summed E-state index contributed by atoms with van der Waals surface area (Å²) in [7, 11) is -1.15. The lowest BCUT2D eigenvalue weighted by molar-refractivity contribution is -0.112. The van der Waals surface area contributed by atoms with E-state index in [1.807, 2.05) is 19.2 Å². The summed E-state index contributed by atoms with van der Waals surface area (Å²) in [5.41, 5.74) is 6.11. The van der Waals surface area contributed by atoms with E-state index in [-0.39, 0.29) is 17.1 Å². The molecule has 1 unspecified atom stereocenters. The molecule has 2 aromatic heterocycles. The molecule has 1 N–H and O–H groups in total. The number of carbonyl (C=O) groups excluding carboxylic acids is 1. The number of rotatable bonds is 5. The van der Waals surface area contributed by atoms with Gasteiger partial charge in [0.2, 0.25) is 0 Å². The van der Waals surface area contributed by atoms with Gasteiger partial charge >= 0.3 is 0 Å². The number of benzene rings is 1. The van der Waals surface area contributed by atoms with E-state index in [4.69, 9.17) is 0 Å². The molecule has 5 heterocycles. The highest BCUT2D eigenvalue weighted by Crippen LogP contribution is 2.39. The molecule has 3 aromatic rings. The molecule has 1 fully saturated rings. The molecule has 9 nitrogen and oxygen atoms in total. The van der Waals surface area contributed by atoms with E-state index < -0.39 is 9.84 Å². The Kier molecular flexibility index (Phi) is 5.80. The number of nitrogens with zero attached hydrogens (tertiary/aromatic N) is 5. The molecule has 0 aliphatic carbocycles. The molecule has 1 amide bonds. The Morgan fingerprint density at radius 1 is 1.11 bits per heavy atom. The van der Waals surface area contributed by atoms with Crippen molar-refractivity contribution in [2.75, 3.05) is 19.3 Å². The summed E-state index contributed by atoms with van der Waals surface area (Å²) in [6, 6.07) is 12.3. The second-order valence-electron chi connectivity index (χ2n) is 9.99. The SMILES string of the molecule is Cn1nccc1C1=CC2C(=NC1=O)C=Nc1[nH]c(-c3ccc(CN4CCC(S(C)(=O)=O)CC4)cc3)cc12. The molecule has 1 saturated heterocycles. The molecular formula is C27H28N6O3S. The van der Waals surface area contributed by atoms with Crippen molar-refractivity contribution in [3.05, 3.63) is 65.5 Å². The lowest BCUT2D eigenvalue weighted by atomic mass is 9.88. The van der Waals surface area contributed by atoms with Gasteiger partial charge in [0.25, 0.3) is 5.91 Å². The first-order chi connectivity index (χ1) is 17.8. The number of allylic oxidation sites excluding steroid dienone is 1. The van der Waals surface area contributed by atoms with Gasteiger partial charge in [-0.15, -0.1) is 0 Å². The zero-order chi connectivity index (χ0) is 25.7. The van der Waals surface area contributed by atoms with Crippen LogP contribution in [0.15, 0.2) is 58.7 Å². The lowest BCUT2D eigenvalue weighted by Crippen LogP contribution is -2.38. The summed E-state index contributed by atoms with van der Waals surface area (Å²) >= 11 is 0. The highest BCUT2D eigenvalue weighted by Gasteiger charge is 2.31. The number of nitrogens with one attached hydrogen (secondary N) is 1. The number of hydrogen-bond donors (Lipinski definition) is 1. The van der Waals surface area contributed by atoms with E-state index in [2.05, 4.69) is 55.3 Å². The first-order valence-corrected chi connectivity index (χ1v) is 14.3. The Labute approximate surface area is 215 Å². The van der Waals surface area contributed by atoms with Crippen molar-refractivity contribution in [1.29, 1.82) is 0 Å². The van der Waals surface area contributed by atoms with E-state index in [1.54, 1.807) is 17.1 Å². The number of likely N-dealkylation sites (tertiary alicyclic amines) is 1. The van der Waals surface area contributed by atoms with Gasteiger partial charge in [-0.05, 0) is 49.2 Å². The fourth-order valence-corrected chi connectivity index (χ4v) is 6.46. The van der Waals surface area contributed by atoms with Gasteiger partial charge in [0.1, 0.15) is 15.7 Å². The lowest BCUT2D eigenvalue weighted by Gasteiger charge is -2.31. The number of sulfone groups is 1. The number of aliphatic imine (C=N–C) groups is 2. The predicted octanol–water partition coefficient (Wildman–Crippen LogP) is 3.29. The molecule has 3 aliphatic rings. The third kappa shape index (κ3) is 4.51. The Balaban J connectivity index is 1.20. The minimum absolute atomic E-state index is 0.158. The average molecular weight is 517 g/mol. The van der Waals surface area contributed by atoms with Crippen LogP contribution in [0.25, 0.3) is 16.8 Å². The smallest absolute Gasteiger partial charge is 0.279 e. The number of hydrogen-bond acceptors (Lipinski definition) is 6. The van der Waals surface area contributed by atoms with Gasteiger partial charge in [-0.3, -0.25) is 14.4 Å². The summed E-state index contributed by atoms with van der Waals surface area (Å²) in [5.74, 6) is 0.331. The zero-order valence-electron chi connectivity index (χ0n) is 20.8. The van der Waals surface area contributed by atoms with Gasteiger partial charge in [0, 0.05) is 37.3 Å². The van der Waals surface area contributed by atoms with E-state index in [1.165, 1.54) is 11.8 Å². The van der Waals surface area contributed by atoms with Crippen molar-refractivity contribution in [2.45, 2.75) is 30.6 Å². The molecule has 0 bridgehead atoms. The van der Waals surface area contributed by atoms with Crippen LogP contribution in [0, 0.1) is 0 Å². The van der Waals surface area contributed by atoms with Crippen molar-refractivity contribution in [3.8, 4) is 11.3 Å². The molecule has 0 spiro atoms. The fraction of sp³-hybridized carbons (Fsp3) is 0.333. The molecule has 3 aliphatic heterocycles. The second kappa shape index (κ2) is 9.04. The summed E-state index contributed by atoms with van der Waals surface area (Å²) < 4.78 is 25.3. The van der Waals surface area contributed by atoms with Gasteiger partial charge in [-0.25, -0.2) is 18.4 Å². The third-order valence-corrected chi connectivity index (χ3v) is 9.19. The van der Waals surface area contributed by atoms with E-state index >= 15 is 0 Å². The van der Waals surface area contributed by atoms with Gasteiger partial charge in [0.05, 0.1) is 34.4 Å². The predicted molar refractivity (Wildman–Crippen MR) is 144 cm³/mol. The number of dihydropyridines is 1.